The van der Waals surface area contributed by atoms with Crippen molar-refractivity contribution in [3.8, 4) is 0 Å². The molecule has 0 bridgehead atoms. The van der Waals surface area contributed by atoms with Gasteiger partial charge in [0, 0.05) is 27.0 Å². The summed E-state index contributed by atoms with van der Waals surface area (Å²) in [5.41, 5.74) is 3.99. The minimum absolute atomic E-state index is 0. The number of hydrogen-bond acceptors (Lipinski definition) is 5. The van der Waals surface area contributed by atoms with E-state index < -0.39 is 0 Å². The number of aromatic nitrogens is 3. The van der Waals surface area contributed by atoms with Gasteiger partial charge in [-0.2, -0.15) is 0 Å². The van der Waals surface area contributed by atoms with Gasteiger partial charge in [0.15, 0.2) is 11.5 Å². The number of amides is 1. The summed E-state index contributed by atoms with van der Waals surface area (Å²) < 4.78 is 0. The monoisotopic (exact) mass is 303 g/mol. The average molecular weight is 303 g/mol. The third-order valence-electron chi connectivity index (χ3n) is 3.24. The molecule has 6 heteroatoms. The van der Waals surface area contributed by atoms with E-state index in [9.17, 15) is 4.79 Å². The molecule has 6 nitrogen and oxygen atoms in total. The van der Waals surface area contributed by atoms with Gasteiger partial charge < -0.3 is 10.6 Å². The zero-order valence-electron chi connectivity index (χ0n) is 13.6. The van der Waals surface area contributed by atoms with Crippen LogP contribution in [0.2, 0.25) is 0 Å². The summed E-state index contributed by atoms with van der Waals surface area (Å²) in [6.07, 6.45) is 0. The van der Waals surface area contributed by atoms with Crippen LogP contribution in [0.5, 0.6) is 0 Å². The second-order valence-corrected chi connectivity index (χ2v) is 5.53. The van der Waals surface area contributed by atoms with E-state index in [1.165, 1.54) is 0 Å². The van der Waals surface area contributed by atoms with Crippen molar-refractivity contribution in [1.29, 1.82) is 0 Å². The number of nitrogens with zero attached hydrogens (tertiary/aromatic N) is 3. The van der Waals surface area contributed by atoms with Gasteiger partial charge >= 0.3 is 0 Å². The van der Waals surface area contributed by atoms with Crippen molar-refractivity contribution < 1.29 is 7.65 Å². The van der Waals surface area contributed by atoms with E-state index in [4.69, 9.17) is 0 Å². The van der Waals surface area contributed by atoms with Crippen LogP contribution in [0, 0.1) is 13.8 Å². The lowest BCUT2D eigenvalue weighted by atomic mass is 10.0. The van der Waals surface area contributed by atoms with Gasteiger partial charge in [-0.3, -0.25) is 9.78 Å². The zero-order valence-corrected chi connectivity index (χ0v) is 13.6. The maximum atomic E-state index is 11.9. The van der Waals surface area contributed by atoms with Gasteiger partial charge in [-0.15, -0.1) is 10.2 Å². The first-order valence-corrected chi connectivity index (χ1v) is 7.22. The van der Waals surface area contributed by atoms with E-state index in [0.717, 1.165) is 22.6 Å². The molecule has 2 aromatic rings. The lowest BCUT2D eigenvalue weighted by molar-refractivity contribution is 0.0955. The Morgan fingerprint density at radius 3 is 2.32 bits per heavy atom. The molecule has 22 heavy (non-hydrogen) atoms. The van der Waals surface area contributed by atoms with Gasteiger partial charge in [-0.05, 0) is 43.5 Å². The number of anilines is 2. The van der Waals surface area contributed by atoms with Crippen molar-refractivity contribution >= 4 is 17.4 Å². The van der Waals surface area contributed by atoms with Crippen LogP contribution < -0.4 is 10.6 Å². The van der Waals surface area contributed by atoms with Crippen LogP contribution in [0.4, 0.5) is 11.5 Å². The minimum atomic E-state index is -0.224. The fraction of sp³-hybridized carbons (Fsp3) is 0.375. The van der Waals surface area contributed by atoms with Crippen LogP contribution >= 0.6 is 0 Å². The van der Waals surface area contributed by atoms with E-state index in [1.54, 1.807) is 7.05 Å². The largest absolute Gasteiger partial charge is 0.354 e. The number of rotatable bonds is 4. The summed E-state index contributed by atoms with van der Waals surface area (Å²) in [6, 6.07) is 5.75. The highest BCUT2D eigenvalue weighted by molar-refractivity contribution is 5.93. The SMILES string of the molecule is CNC(=O)c1nnc(Nc2cc(C)nc(C)c2)cc1C(C)C.[HH].[HH]. The third-order valence-corrected chi connectivity index (χ3v) is 3.24. The van der Waals surface area contributed by atoms with Crippen molar-refractivity contribution in [1.82, 2.24) is 20.5 Å². The second kappa shape index (κ2) is 6.51. The van der Waals surface area contributed by atoms with Crippen LogP contribution in [-0.2, 0) is 0 Å². The van der Waals surface area contributed by atoms with E-state index in [-0.39, 0.29) is 14.7 Å². The van der Waals surface area contributed by atoms with Gasteiger partial charge in [0.05, 0.1) is 0 Å². The fourth-order valence-corrected chi connectivity index (χ4v) is 2.26. The summed E-state index contributed by atoms with van der Waals surface area (Å²) in [4.78, 5) is 16.2. The molecule has 2 heterocycles. The van der Waals surface area contributed by atoms with Crippen molar-refractivity contribution in [2.75, 3.05) is 12.4 Å². The number of aryl methyl sites for hydroxylation is 2. The maximum absolute atomic E-state index is 11.9. The molecule has 0 saturated heterocycles. The third kappa shape index (κ3) is 3.58. The molecule has 0 unspecified atom stereocenters. The summed E-state index contributed by atoms with van der Waals surface area (Å²) in [6.45, 7) is 7.93. The Kier molecular flexibility index (Phi) is 4.70. The Morgan fingerprint density at radius 2 is 1.77 bits per heavy atom. The summed E-state index contributed by atoms with van der Waals surface area (Å²) in [7, 11) is 1.59. The van der Waals surface area contributed by atoms with Gasteiger partial charge in [-0.1, -0.05) is 13.8 Å². The molecule has 1 amide bonds. The first kappa shape index (κ1) is 15.9. The Bertz CT molecular complexity index is 687. The maximum Gasteiger partial charge on any atom is 0.271 e. The highest BCUT2D eigenvalue weighted by Gasteiger charge is 2.16. The Morgan fingerprint density at radius 1 is 1.14 bits per heavy atom. The Labute approximate surface area is 133 Å². The number of carbonyl (C=O) groups excluding carboxylic acids is 1. The van der Waals surface area contributed by atoms with Crippen LogP contribution in [0.25, 0.3) is 0 Å². The molecule has 0 aliphatic rings. The fourth-order valence-electron chi connectivity index (χ4n) is 2.26. The van der Waals surface area contributed by atoms with Gasteiger partial charge in [-0.25, -0.2) is 0 Å². The molecule has 0 aliphatic carbocycles. The second-order valence-electron chi connectivity index (χ2n) is 5.53. The highest BCUT2D eigenvalue weighted by Crippen LogP contribution is 2.22. The van der Waals surface area contributed by atoms with Gasteiger partial charge in [0.25, 0.3) is 5.91 Å². The number of hydrogen-bond donors (Lipinski definition) is 2. The predicted octanol–water partition coefficient (Wildman–Crippen LogP) is 3.21. The standard InChI is InChI=1S/C16H21N5O.2H2/c1-9(2)13-8-14(20-21-15(13)16(22)17-5)19-12-6-10(3)18-11(4)7-12;;/h6-9H,1-5H3,(H,17,22)(H,18,19,20);2*1H. The van der Waals surface area contributed by atoms with Crippen molar-refractivity contribution in [2.45, 2.75) is 33.6 Å². The van der Waals surface area contributed by atoms with E-state index in [1.807, 2.05) is 45.9 Å². The van der Waals surface area contributed by atoms with Gasteiger partial charge in [0.2, 0.25) is 0 Å². The molecule has 120 valence electrons. The van der Waals surface area contributed by atoms with Crippen LogP contribution in [0.15, 0.2) is 18.2 Å². The molecule has 2 rings (SSSR count). The summed E-state index contributed by atoms with van der Waals surface area (Å²) >= 11 is 0. The zero-order chi connectivity index (χ0) is 16.3. The van der Waals surface area contributed by atoms with Gasteiger partial charge in [0.1, 0.15) is 0 Å². The van der Waals surface area contributed by atoms with E-state index in [0.29, 0.717) is 11.5 Å². The van der Waals surface area contributed by atoms with E-state index >= 15 is 0 Å². The number of nitrogens with one attached hydrogen (secondary N) is 2. The quantitative estimate of drug-likeness (QED) is 0.906. The predicted molar refractivity (Wildman–Crippen MR) is 90.7 cm³/mol. The Hall–Kier alpha value is -2.50. The smallest absolute Gasteiger partial charge is 0.271 e. The van der Waals surface area contributed by atoms with Crippen LogP contribution in [0.1, 0.15) is 50.1 Å². The van der Waals surface area contributed by atoms with Crippen molar-refractivity contribution in [2.24, 2.45) is 0 Å². The molecule has 0 saturated carbocycles. The van der Waals surface area contributed by atoms with Crippen LogP contribution in [0.3, 0.4) is 0 Å². The van der Waals surface area contributed by atoms with E-state index in [2.05, 4.69) is 25.8 Å². The normalized spacial score (nSPS) is 10.6. The molecule has 2 aromatic heterocycles. The van der Waals surface area contributed by atoms with Crippen molar-refractivity contribution in [3.05, 3.63) is 40.8 Å². The summed E-state index contributed by atoms with van der Waals surface area (Å²) in [5.74, 6) is 0.559. The van der Waals surface area contributed by atoms with Crippen LogP contribution in [-0.4, -0.2) is 28.1 Å². The number of carbonyl (C=O) groups is 1. The topological polar surface area (TPSA) is 79.8 Å². The first-order chi connectivity index (χ1) is 10.4. The molecule has 2 N–H and O–H groups in total. The lowest BCUT2D eigenvalue weighted by Crippen LogP contribution is -2.22. The minimum Gasteiger partial charge on any atom is -0.354 e. The first-order valence-electron chi connectivity index (χ1n) is 7.22. The Balaban J connectivity index is 0.00000264. The lowest BCUT2D eigenvalue weighted by Gasteiger charge is -2.13. The summed E-state index contributed by atoms with van der Waals surface area (Å²) in [5, 5.41) is 14.0. The molecule has 0 atom stereocenters. The number of pyridine rings is 1. The molecular formula is C16H25N5O. The van der Waals surface area contributed by atoms with Crippen molar-refractivity contribution in [3.63, 3.8) is 0 Å². The molecule has 0 aromatic carbocycles. The molecule has 0 aliphatic heterocycles. The molecular weight excluding hydrogens is 278 g/mol. The molecule has 0 fully saturated rings. The highest BCUT2D eigenvalue weighted by atomic mass is 16.1. The average Bonchev–Trinajstić information content (AvgIpc) is 2.45. The molecule has 0 radical (unpaired) electrons. The molecule has 0 spiro atoms.